The molecular formula is C21H25NO6. The lowest BCUT2D eigenvalue weighted by Crippen LogP contribution is -2.28. The van der Waals surface area contributed by atoms with Crippen LogP contribution in [0.15, 0.2) is 29.2 Å². The Balaban J connectivity index is 2.17. The van der Waals surface area contributed by atoms with Gasteiger partial charge in [-0.15, -0.1) is 0 Å². The molecule has 0 unspecified atom stereocenters. The first-order valence-corrected chi connectivity index (χ1v) is 9.19. The molecule has 28 heavy (non-hydrogen) atoms. The summed E-state index contributed by atoms with van der Waals surface area (Å²) in [6.07, 6.45) is 2.16. The van der Waals surface area contributed by atoms with Crippen molar-refractivity contribution in [3.05, 3.63) is 45.7 Å². The molecule has 1 atom stereocenters. The topological polar surface area (TPSA) is 87.0 Å². The molecule has 0 aliphatic carbocycles. The molecule has 150 valence electrons. The number of ether oxygens (including phenoxy) is 3. The Morgan fingerprint density at radius 3 is 2.57 bits per heavy atom. The first kappa shape index (κ1) is 19.9. The van der Waals surface area contributed by atoms with E-state index in [0.29, 0.717) is 36.8 Å². The minimum Gasteiger partial charge on any atom is -0.493 e. The molecule has 2 aromatic rings. The summed E-state index contributed by atoms with van der Waals surface area (Å²) in [6.45, 7) is 5.03. The van der Waals surface area contributed by atoms with Crippen molar-refractivity contribution in [3.63, 3.8) is 0 Å². The zero-order chi connectivity index (χ0) is 20.4. The molecule has 2 heterocycles. The van der Waals surface area contributed by atoms with E-state index in [4.69, 9.17) is 14.2 Å². The summed E-state index contributed by atoms with van der Waals surface area (Å²) in [5.41, 5.74) is 1.85. The van der Waals surface area contributed by atoms with Crippen molar-refractivity contribution in [3.8, 4) is 22.8 Å². The highest BCUT2D eigenvalue weighted by molar-refractivity contribution is 5.87. The zero-order valence-electron chi connectivity index (χ0n) is 16.5. The molecule has 7 heteroatoms. The number of nitrogens with zero attached hydrogens (tertiary/aromatic N) is 1. The molecule has 0 spiro atoms. The number of benzene rings is 1. The Morgan fingerprint density at radius 2 is 1.96 bits per heavy atom. The summed E-state index contributed by atoms with van der Waals surface area (Å²) >= 11 is 0. The van der Waals surface area contributed by atoms with Crippen LogP contribution in [0.5, 0.6) is 11.5 Å². The summed E-state index contributed by atoms with van der Waals surface area (Å²) in [4.78, 5) is 23.8. The number of pyridine rings is 1. The van der Waals surface area contributed by atoms with Crippen LogP contribution in [-0.2, 0) is 11.2 Å². The number of carboxylic acid groups (broad SMARTS) is 1. The van der Waals surface area contributed by atoms with Crippen molar-refractivity contribution in [1.82, 2.24) is 4.57 Å². The number of carbonyl (C=O) groups is 1. The number of carboxylic acids is 1. The third-order valence-corrected chi connectivity index (χ3v) is 5.08. The van der Waals surface area contributed by atoms with Gasteiger partial charge in [-0.3, -0.25) is 4.79 Å². The second-order valence-electron chi connectivity index (χ2n) is 7.17. The van der Waals surface area contributed by atoms with Crippen LogP contribution in [0.1, 0.15) is 35.8 Å². The Hall–Kier alpha value is -2.80. The first-order valence-electron chi connectivity index (χ1n) is 9.19. The molecule has 0 fully saturated rings. The quantitative estimate of drug-likeness (QED) is 0.735. The first-order chi connectivity index (χ1) is 13.4. The fourth-order valence-corrected chi connectivity index (χ4v) is 3.60. The monoisotopic (exact) mass is 387 g/mol. The van der Waals surface area contributed by atoms with Crippen molar-refractivity contribution in [2.24, 2.45) is 5.92 Å². The van der Waals surface area contributed by atoms with E-state index >= 15 is 0 Å². The lowest BCUT2D eigenvalue weighted by atomic mass is 9.87. The van der Waals surface area contributed by atoms with Gasteiger partial charge in [0.15, 0.2) is 16.9 Å². The van der Waals surface area contributed by atoms with Crippen molar-refractivity contribution < 1.29 is 24.1 Å². The van der Waals surface area contributed by atoms with E-state index in [1.165, 1.54) is 12.3 Å². The van der Waals surface area contributed by atoms with Gasteiger partial charge < -0.3 is 23.9 Å². The molecule has 1 N–H and O–H groups in total. The second-order valence-corrected chi connectivity index (χ2v) is 7.17. The summed E-state index contributed by atoms with van der Waals surface area (Å²) in [5, 5.41) is 9.35. The Kier molecular flexibility index (Phi) is 5.74. The van der Waals surface area contributed by atoms with Crippen LogP contribution in [0.3, 0.4) is 0 Å². The number of rotatable bonds is 7. The fraction of sp³-hybridized carbons (Fsp3) is 0.429. The molecule has 0 radical (unpaired) electrons. The van der Waals surface area contributed by atoms with Gasteiger partial charge in [0, 0.05) is 31.0 Å². The number of hydrogen-bond donors (Lipinski definition) is 1. The normalized spacial score (nSPS) is 15.1. The van der Waals surface area contributed by atoms with Crippen LogP contribution in [0.4, 0.5) is 0 Å². The van der Waals surface area contributed by atoms with E-state index in [-0.39, 0.29) is 17.5 Å². The molecule has 0 saturated heterocycles. The van der Waals surface area contributed by atoms with Gasteiger partial charge in [0.2, 0.25) is 0 Å². The maximum atomic E-state index is 12.4. The molecule has 1 aliphatic heterocycles. The van der Waals surface area contributed by atoms with Gasteiger partial charge in [-0.2, -0.15) is 0 Å². The van der Waals surface area contributed by atoms with Gasteiger partial charge in [-0.25, -0.2) is 4.79 Å². The van der Waals surface area contributed by atoms with Crippen LogP contribution in [0, 0.1) is 5.92 Å². The number of hydrogen-bond acceptors (Lipinski definition) is 5. The molecule has 0 amide bonds. The molecule has 0 bridgehead atoms. The van der Waals surface area contributed by atoms with Gasteiger partial charge in [-0.05, 0) is 30.0 Å². The number of aromatic carboxylic acids is 1. The smallest absolute Gasteiger partial charge is 0.341 e. The van der Waals surface area contributed by atoms with E-state index in [1.54, 1.807) is 14.2 Å². The standard InChI is InChI=1S/C21H25NO6/c1-12(2)16-7-13-8-20(28-6-5-26-3)19(27-4)9-14(13)17-10-18(23)15(21(24)25)11-22(16)17/h8-12,16H,5-7H2,1-4H3,(H,24,25)/t16-/m0/s1. The molecule has 3 rings (SSSR count). The van der Waals surface area contributed by atoms with E-state index in [2.05, 4.69) is 13.8 Å². The summed E-state index contributed by atoms with van der Waals surface area (Å²) in [6, 6.07) is 5.22. The molecular weight excluding hydrogens is 362 g/mol. The molecule has 1 aromatic carbocycles. The van der Waals surface area contributed by atoms with Crippen LogP contribution in [0.25, 0.3) is 11.3 Å². The van der Waals surface area contributed by atoms with Gasteiger partial charge in [0.1, 0.15) is 12.2 Å². The SMILES string of the molecule is COCCOc1cc2c(cc1OC)-c1cc(=O)c(C(=O)O)cn1[C@H](C(C)C)C2. The second kappa shape index (κ2) is 8.06. The highest BCUT2D eigenvalue weighted by Gasteiger charge is 2.29. The largest absolute Gasteiger partial charge is 0.493 e. The molecule has 0 saturated carbocycles. The van der Waals surface area contributed by atoms with Crippen LogP contribution in [-0.4, -0.2) is 43.1 Å². The predicted molar refractivity (Wildman–Crippen MR) is 105 cm³/mol. The van der Waals surface area contributed by atoms with E-state index in [9.17, 15) is 14.7 Å². The third kappa shape index (κ3) is 3.62. The Bertz CT molecular complexity index is 947. The van der Waals surface area contributed by atoms with Crippen LogP contribution < -0.4 is 14.9 Å². The lowest BCUT2D eigenvalue weighted by molar-refractivity contribution is 0.0694. The predicted octanol–water partition coefficient (Wildman–Crippen LogP) is 3.00. The highest BCUT2D eigenvalue weighted by atomic mass is 16.5. The maximum Gasteiger partial charge on any atom is 0.341 e. The molecule has 7 nitrogen and oxygen atoms in total. The number of fused-ring (bicyclic) bond motifs is 3. The Morgan fingerprint density at radius 1 is 1.21 bits per heavy atom. The maximum absolute atomic E-state index is 12.4. The van der Waals surface area contributed by atoms with Gasteiger partial charge in [0.05, 0.1) is 19.4 Å². The van der Waals surface area contributed by atoms with Gasteiger partial charge >= 0.3 is 5.97 Å². The van der Waals surface area contributed by atoms with Crippen LogP contribution >= 0.6 is 0 Å². The van der Waals surface area contributed by atoms with Crippen molar-refractivity contribution >= 4 is 5.97 Å². The highest BCUT2D eigenvalue weighted by Crippen LogP contribution is 2.42. The average Bonchev–Trinajstić information content (AvgIpc) is 2.66. The van der Waals surface area contributed by atoms with E-state index in [0.717, 1.165) is 11.1 Å². The summed E-state index contributed by atoms with van der Waals surface area (Å²) in [5.74, 6) is 0.210. The van der Waals surface area contributed by atoms with E-state index < -0.39 is 11.4 Å². The van der Waals surface area contributed by atoms with Gasteiger partial charge in [-0.1, -0.05) is 13.8 Å². The van der Waals surface area contributed by atoms with E-state index in [1.807, 2.05) is 16.7 Å². The minimum absolute atomic E-state index is 0.0291. The fourth-order valence-electron chi connectivity index (χ4n) is 3.60. The van der Waals surface area contributed by atoms with Crippen LogP contribution in [0.2, 0.25) is 0 Å². The Labute approximate surface area is 163 Å². The van der Waals surface area contributed by atoms with Gasteiger partial charge in [0.25, 0.3) is 0 Å². The third-order valence-electron chi connectivity index (χ3n) is 5.08. The minimum atomic E-state index is -1.21. The summed E-state index contributed by atoms with van der Waals surface area (Å²) in [7, 11) is 3.17. The van der Waals surface area contributed by atoms with Crippen molar-refractivity contribution in [2.45, 2.75) is 26.3 Å². The summed E-state index contributed by atoms with van der Waals surface area (Å²) < 4.78 is 18.2. The number of aromatic nitrogens is 1. The molecule has 1 aromatic heterocycles. The number of methoxy groups -OCH3 is 2. The lowest BCUT2D eigenvalue weighted by Gasteiger charge is -2.33. The van der Waals surface area contributed by atoms with Crippen molar-refractivity contribution in [1.29, 1.82) is 0 Å². The average molecular weight is 387 g/mol. The zero-order valence-corrected chi connectivity index (χ0v) is 16.5. The molecule has 1 aliphatic rings. The van der Waals surface area contributed by atoms with Crippen molar-refractivity contribution in [2.75, 3.05) is 27.4 Å².